The van der Waals surface area contributed by atoms with Crippen molar-refractivity contribution in [3.63, 3.8) is 0 Å². The SMILES string of the molecule is N#Cc1ccc(OCC(=O)N(CCCN2CCOCC2)Cc2ccncc2)cc1. The number of amides is 1. The number of hydrogen-bond donors (Lipinski definition) is 0. The molecule has 1 aromatic heterocycles. The topological polar surface area (TPSA) is 78.7 Å². The lowest BCUT2D eigenvalue weighted by Crippen LogP contribution is -2.40. The quantitative estimate of drug-likeness (QED) is 0.648. The molecule has 1 aliphatic heterocycles. The minimum atomic E-state index is -0.0619. The van der Waals surface area contributed by atoms with E-state index in [1.165, 1.54) is 0 Å². The highest BCUT2D eigenvalue weighted by Crippen LogP contribution is 2.12. The second-order valence-corrected chi connectivity index (χ2v) is 6.90. The summed E-state index contributed by atoms with van der Waals surface area (Å²) in [6, 6.07) is 12.7. The van der Waals surface area contributed by atoms with Crippen molar-refractivity contribution < 1.29 is 14.3 Å². The number of carbonyl (C=O) groups excluding carboxylic acids is 1. The van der Waals surface area contributed by atoms with Gasteiger partial charge in [0.25, 0.3) is 5.91 Å². The van der Waals surface area contributed by atoms with Crippen molar-refractivity contribution in [3.05, 3.63) is 59.9 Å². The van der Waals surface area contributed by atoms with Gasteiger partial charge in [0.05, 0.1) is 24.8 Å². The number of carbonyl (C=O) groups is 1. The molecule has 7 heteroatoms. The molecule has 152 valence electrons. The number of benzene rings is 1. The van der Waals surface area contributed by atoms with Crippen molar-refractivity contribution in [1.82, 2.24) is 14.8 Å². The Morgan fingerprint density at radius 2 is 1.90 bits per heavy atom. The van der Waals surface area contributed by atoms with Crippen molar-refractivity contribution in [3.8, 4) is 11.8 Å². The van der Waals surface area contributed by atoms with E-state index in [-0.39, 0.29) is 12.5 Å². The third kappa shape index (κ3) is 6.86. The number of rotatable bonds is 9. The molecule has 0 radical (unpaired) electrons. The molecule has 0 spiro atoms. The summed E-state index contributed by atoms with van der Waals surface area (Å²) in [5.74, 6) is 0.516. The second kappa shape index (κ2) is 11.1. The van der Waals surface area contributed by atoms with E-state index in [9.17, 15) is 4.79 Å². The Morgan fingerprint density at radius 1 is 1.17 bits per heavy atom. The van der Waals surface area contributed by atoms with Crippen LogP contribution in [0.3, 0.4) is 0 Å². The number of aromatic nitrogens is 1. The van der Waals surface area contributed by atoms with Gasteiger partial charge in [-0.15, -0.1) is 0 Å². The molecular weight excluding hydrogens is 368 g/mol. The van der Waals surface area contributed by atoms with Crippen LogP contribution in [-0.2, 0) is 16.1 Å². The standard InChI is InChI=1S/C22H26N4O3/c23-16-19-2-4-21(5-3-19)29-18-22(27)26(17-20-6-8-24-9-7-20)11-1-10-25-12-14-28-15-13-25/h2-9H,1,10-15,17-18H2. The molecule has 3 rings (SSSR count). The van der Waals surface area contributed by atoms with E-state index < -0.39 is 0 Å². The van der Waals surface area contributed by atoms with Crippen LogP contribution in [0.15, 0.2) is 48.8 Å². The summed E-state index contributed by atoms with van der Waals surface area (Å²) in [7, 11) is 0. The first-order valence-electron chi connectivity index (χ1n) is 9.84. The fourth-order valence-electron chi connectivity index (χ4n) is 3.17. The first-order chi connectivity index (χ1) is 14.2. The Morgan fingerprint density at radius 3 is 2.59 bits per heavy atom. The minimum Gasteiger partial charge on any atom is -0.484 e. The van der Waals surface area contributed by atoms with Gasteiger partial charge in [-0.1, -0.05) is 0 Å². The fraction of sp³-hybridized carbons (Fsp3) is 0.409. The zero-order valence-electron chi connectivity index (χ0n) is 16.5. The highest BCUT2D eigenvalue weighted by molar-refractivity contribution is 5.77. The summed E-state index contributed by atoms with van der Waals surface area (Å²) in [5, 5.41) is 8.87. The molecular formula is C22H26N4O3. The molecule has 0 atom stereocenters. The highest BCUT2D eigenvalue weighted by Gasteiger charge is 2.16. The zero-order chi connectivity index (χ0) is 20.3. The van der Waals surface area contributed by atoms with Crippen LogP contribution in [0.5, 0.6) is 5.75 Å². The van der Waals surface area contributed by atoms with E-state index in [1.807, 2.05) is 17.0 Å². The van der Waals surface area contributed by atoms with E-state index in [4.69, 9.17) is 14.7 Å². The Bertz CT molecular complexity index is 799. The summed E-state index contributed by atoms with van der Waals surface area (Å²) in [6.07, 6.45) is 4.37. The van der Waals surface area contributed by atoms with Gasteiger partial charge in [-0.05, 0) is 48.4 Å². The molecule has 0 saturated carbocycles. The molecule has 29 heavy (non-hydrogen) atoms. The number of ether oxygens (including phenoxy) is 2. The van der Waals surface area contributed by atoms with Crippen LogP contribution in [0, 0.1) is 11.3 Å². The molecule has 1 amide bonds. The Kier molecular flexibility index (Phi) is 7.99. The van der Waals surface area contributed by atoms with Crippen LogP contribution in [0.25, 0.3) is 0 Å². The van der Waals surface area contributed by atoms with E-state index >= 15 is 0 Å². The number of hydrogen-bond acceptors (Lipinski definition) is 6. The summed E-state index contributed by atoms with van der Waals surface area (Å²) in [4.78, 5) is 21.1. The highest BCUT2D eigenvalue weighted by atomic mass is 16.5. The lowest BCUT2D eigenvalue weighted by Gasteiger charge is -2.28. The van der Waals surface area contributed by atoms with Crippen LogP contribution in [0.2, 0.25) is 0 Å². The first kappa shape index (κ1) is 20.8. The maximum absolute atomic E-state index is 12.8. The summed E-state index contributed by atoms with van der Waals surface area (Å²) in [5.41, 5.74) is 1.60. The maximum atomic E-state index is 12.8. The average Bonchev–Trinajstić information content (AvgIpc) is 2.78. The normalized spacial score (nSPS) is 14.2. The minimum absolute atomic E-state index is 0.0332. The third-order valence-corrected chi connectivity index (χ3v) is 4.83. The van der Waals surface area contributed by atoms with E-state index in [1.54, 1.807) is 36.7 Å². The maximum Gasteiger partial charge on any atom is 0.260 e. The van der Waals surface area contributed by atoms with Gasteiger partial charge >= 0.3 is 0 Å². The molecule has 1 fully saturated rings. The number of nitrogens with zero attached hydrogens (tertiary/aromatic N) is 4. The lowest BCUT2D eigenvalue weighted by atomic mass is 10.2. The Hall–Kier alpha value is -2.95. The molecule has 2 heterocycles. The van der Waals surface area contributed by atoms with Gasteiger partial charge in [0.2, 0.25) is 0 Å². The van der Waals surface area contributed by atoms with Crippen molar-refractivity contribution in [2.45, 2.75) is 13.0 Å². The summed E-state index contributed by atoms with van der Waals surface area (Å²) >= 11 is 0. The first-order valence-corrected chi connectivity index (χ1v) is 9.84. The van der Waals surface area contributed by atoms with Crippen molar-refractivity contribution in [2.75, 3.05) is 46.0 Å². The van der Waals surface area contributed by atoms with Crippen LogP contribution in [-0.4, -0.2) is 66.7 Å². The number of nitriles is 1. The van der Waals surface area contributed by atoms with E-state index in [2.05, 4.69) is 16.0 Å². The predicted molar refractivity (Wildman–Crippen MR) is 108 cm³/mol. The fourth-order valence-corrected chi connectivity index (χ4v) is 3.17. The van der Waals surface area contributed by atoms with Gasteiger partial charge in [0, 0.05) is 45.1 Å². The molecule has 0 aliphatic carbocycles. The molecule has 7 nitrogen and oxygen atoms in total. The summed E-state index contributed by atoms with van der Waals surface area (Å²) in [6.45, 7) is 5.54. The van der Waals surface area contributed by atoms with Gasteiger partial charge in [0.15, 0.2) is 6.61 Å². The van der Waals surface area contributed by atoms with Crippen molar-refractivity contribution >= 4 is 5.91 Å². The molecule has 0 bridgehead atoms. The number of morpholine rings is 1. The molecule has 0 unspecified atom stereocenters. The van der Waals surface area contributed by atoms with Crippen LogP contribution >= 0.6 is 0 Å². The van der Waals surface area contributed by atoms with Gasteiger partial charge in [-0.25, -0.2) is 0 Å². The number of pyridine rings is 1. The van der Waals surface area contributed by atoms with Gasteiger partial charge in [0.1, 0.15) is 5.75 Å². The molecule has 1 aromatic carbocycles. The second-order valence-electron chi connectivity index (χ2n) is 6.90. The summed E-state index contributed by atoms with van der Waals surface area (Å²) < 4.78 is 11.0. The van der Waals surface area contributed by atoms with Gasteiger partial charge < -0.3 is 14.4 Å². The predicted octanol–water partition coefficient (Wildman–Crippen LogP) is 2.08. The zero-order valence-corrected chi connectivity index (χ0v) is 16.5. The van der Waals surface area contributed by atoms with Gasteiger partial charge in [-0.2, -0.15) is 5.26 Å². The van der Waals surface area contributed by atoms with Crippen LogP contribution < -0.4 is 4.74 Å². The van der Waals surface area contributed by atoms with Crippen molar-refractivity contribution in [2.24, 2.45) is 0 Å². The van der Waals surface area contributed by atoms with E-state index in [0.29, 0.717) is 24.4 Å². The lowest BCUT2D eigenvalue weighted by molar-refractivity contribution is -0.134. The van der Waals surface area contributed by atoms with Crippen molar-refractivity contribution in [1.29, 1.82) is 5.26 Å². The Balaban J connectivity index is 1.54. The molecule has 1 aliphatic rings. The van der Waals surface area contributed by atoms with E-state index in [0.717, 1.165) is 44.8 Å². The third-order valence-electron chi connectivity index (χ3n) is 4.83. The molecule has 1 saturated heterocycles. The molecule has 2 aromatic rings. The van der Waals surface area contributed by atoms with Crippen LogP contribution in [0.4, 0.5) is 0 Å². The van der Waals surface area contributed by atoms with Gasteiger partial charge in [-0.3, -0.25) is 14.7 Å². The monoisotopic (exact) mass is 394 g/mol. The average molecular weight is 394 g/mol. The smallest absolute Gasteiger partial charge is 0.260 e. The Labute approximate surface area is 171 Å². The largest absolute Gasteiger partial charge is 0.484 e. The van der Waals surface area contributed by atoms with Crippen LogP contribution in [0.1, 0.15) is 17.5 Å². The molecule has 0 N–H and O–H groups in total.